The molecule has 0 bridgehead atoms. The van der Waals surface area contributed by atoms with Crippen LogP contribution >= 0.6 is 15.9 Å². The topological polar surface area (TPSA) is 66.6 Å². The molecule has 0 amide bonds. The number of benzene rings is 1. The summed E-state index contributed by atoms with van der Waals surface area (Å²) in [6.45, 7) is 5.86. The zero-order chi connectivity index (χ0) is 18.7. The van der Waals surface area contributed by atoms with Crippen molar-refractivity contribution in [2.75, 3.05) is 6.54 Å². The standard InChI is InChI=1S/C20H22BrN3O2/c1-13(2)15-5-3-14(4-6-15)7-8-22-10-17-11-23-19-18(21)9-16(20(25)26)12-24(17)19/h3-6,9,11-13,22H,7-8,10H2,1-2H3,(H,25,26). The first-order valence-electron chi connectivity index (χ1n) is 8.64. The summed E-state index contributed by atoms with van der Waals surface area (Å²) >= 11 is 3.39. The molecular weight excluding hydrogens is 394 g/mol. The Bertz CT molecular complexity index is 917. The van der Waals surface area contributed by atoms with Crippen molar-refractivity contribution in [3.8, 4) is 0 Å². The minimum atomic E-state index is -0.954. The van der Waals surface area contributed by atoms with Crippen molar-refractivity contribution >= 4 is 27.5 Å². The lowest BCUT2D eigenvalue weighted by Gasteiger charge is -2.08. The summed E-state index contributed by atoms with van der Waals surface area (Å²) in [5.74, 6) is -0.405. The zero-order valence-corrected chi connectivity index (χ0v) is 16.5. The molecule has 0 spiro atoms. The molecule has 2 heterocycles. The molecule has 0 saturated heterocycles. The second-order valence-electron chi connectivity index (χ2n) is 6.65. The van der Waals surface area contributed by atoms with Crippen LogP contribution in [0.2, 0.25) is 0 Å². The molecule has 0 radical (unpaired) electrons. The number of carboxylic acid groups (broad SMARTS) is 1. The number of hydrogen-bond acceptors (Lipinski definition) is 3. The number of nitrogens with zero attached hydrogens (tertiary/aromatic N) is 2. The monoisotopic (exact) mass is 415 g/mol. The van der Waals surface area contributed by atoms with E-state index in [9.17, 15) is 9.90 Å². The number of aromatic nitrogens is 2. The molecule has 0 aliphatic rings. The summed E-state index contributed by atoms with van der Waals surface area (Å²) in [6, 6.07) is 10.3. The second kappa shape index (κ2) is 8.01. The van der Waals surface area contributed by atoms with Crippen molar-refractivity contribution in [1.82, 2.24) is 14.7 Å². The van der Waals surface area contributed by atoms with E-state index in [4.69, 9.17) is 0 Å². The maximum Gasteiger partial charge on any atom is 0.337 e. The number of carboxylic acids is 1. The van der Waals surface area contributed by atoms with Crippen LogP contribution in [0.3, 0.4) is 0 Å². The van der Waals surface area contributed by atoms with Crippen LogP contribution in [0.25, 0.3) is 5.65 Å². The van der Waals surface area contributed by atoms with Gasteiger partial charge in [-0.3, -0.25) is 0 Å². The number of rotatable bonds is 7. The smallest absolute Gasteiger partial charge is 0.337 e. The number of pyridine rings is 1. The van der Waals surface area contributed by atoms with Crippen LogP contribution in [0.15, 0.2) is 47.2 Å². The van der Waals surface area contributed by atoms with Gasteiger partial charge in [-0.05, 0) is 52.0 Å². The number of aromatic carboxylic acids is 1. The molecule has 136 valence electrons. The number of carbonyl (C=O) groups is 1. The van der Waals surface area contributed by atoms with Gasteiger partial charge in [-0.25, -0.2) is 9.78 Å². The van der Waals surface area contributed by atoms with Gasteiger partial charge in [-0.2, -0.15) is 0 Å². The van der Waals surface area contributed by atoms with Gasteiger partial charge in [0.2, 0.25) is 0 Å². The Labute approximate surface area is 161 Å². The highest BCUT2D eigenvalue weighted by molar-refractivity contribution is 9.10. The number of hydrogen-bond donors (Lipinski definition) is 2. The first-order valence-corrected chi connectivity index (χ1v) is 9.43. The molecule has 0 fully saturated rings. The van der Waals surface area contributed by atoms with Crippen LogP contribution in [-0.4, -0.2) is 27.0 Å². The van der Waals surface area contributed by atoms with E-state index in [1.165, 1.54) is 11.1 Å². The maximum absolute atomic E-state index is 11.2. The molecule has 6 heteroatoms. The SMILES string of the molecule is CC(C)c1ccc(CCNCc2cnc3c(Br)cc(C(=O)O)cn23)cc1. The lowest BCUT2D eigenvalue weighted by Crippen LogP contribution is -2.18. The number of imidazole rings is 1. The Balaban J connectivity index is 1.62. The molecule has 1 aromatic carbocycles. The normalized spacial score (nSPS) is 11.4. The Morgan fingerprint density at radius 3 is 2.69 bits per heavy atom. The molecule has 0 aliphatic heterocycles. The molecule has 0 unspecified atom stereocenters. The van der Waals surface area contributed by atoms with Gasteiger partial charge in [0.05, 0.1) is 21.9 Å². The number of halogens is 1. The van der Waals surface area contributed by atoms with Crippen molar-refractivity contribution in [2.45, 2.75) is 32.7 Å². The lowest BCUT2D eigenvalue weighted by molar-refractivity contribution is 0.0696. The third-order valence-electron chi connectivity index (χ3n) is 4.43. The van der Waals surface area contributed by atoms with E-state index < -0.39 is 5.97 Å². The predicted octanol–water partition coefficient (Wildman–Crippen LogP) is 4.25. The second-order valence-corrected chi connectivity index (χ2v) is 7.50. The number of nitrogens with one attached hydrogen (secondary N) is 1. The van der Waals surface area contributed by atoms with Crippen LogP contribution in [0, 0.1) is 0 Å². The van der Waals surface area contributed by atoms with Gasteiger partial charge in [0.1, 0.15) is 0 Å². The summed E-state index contributed by atoms with van der Waals surface area (Å²) in [5.41, 5.74) is 4.53. The molecule has 26 heavy (non-hydrogen) atoms. The molecule has 2 aromatic heterocycles. The molecule has 0 aliphatic carbocycles. The van der Waals surface area contributed by atoms with E-state index in [0.717, 1.165) is 24.3 Å². The minimum absolute atomic E-state index is 0.230. The van der Waals surface area contributed by atoms with Crippen molar-refractivity contribution in [2.24, 2.45) is 0 Å². The highest BCUT2D eigenvalue weighted by Crippen LogP contribution is 2.20. The third kappa shape index (κ3) is 4.14. The summed E-state index contributed by atoms with van der Waals surface area (Å²) in [4.78, 5) is 15.6. The van der Waals surface area contributed by atoms with Crippen molar-refractivity contribution in [1.29, 1.82) is 0 Å². The van der Waals surface area contributed by atoms with Gasteiger partial charge in [0, 0.05) is 12.7 Å². The fraction of sp³-hybridized carbons (Fsp3) is 0.300. The summed E-state index contributed by atoms with van der Waals surface area (Å²) in [7, 11) is 0. The largest absolute Gasteiger partial charge is 0.478 e. The van der Waals surface area contributed by atoms with Crippen molar-refractivity contribution < 1.29 is 9.90 Å². The minimum Gasteiger partial charge on any atom is -0.478 e. The fourth-order valence-electron chi connectivity index (χ4n) is 2.86. The predicted molar refractivity (Wildman–Crippen MR) is 106 cm³/mol. The van der Waals surface area contributed by atoms with Crippen molar-refractivity contribution in [3.63, 3.8) is 0 Å². The van der Waals surface area contributed by atoms with Crippen LogP contribution < -0.4 is 5.32 Å². The van der Waals surface area contributed by atoms with Gasteiger partial charge in [0.15, 0.2) is 5.65 Å². The Hall–Kier alpha value is -2.18. The van der Waals surface area contributed by atoms with Gasteiger partial charge >= 0.3 is 5.97 Å². The van der Waals surface area contributed by atoms with Crippen LogP contribution in [0.5, 0.6) is 0 Å². The highest BCUT2D eigenvalue weighted by Gasteiger charge is 2.11. The average Bonchev–Trinajstić information content (AvgIpc) is 3.02. The van der Waals surface area contributed by atoms with Gasteiger partial charge in [0.25, 0.3) is 0 Å². The van der Waals surface area contributed by atoms with E-state index in [1.807, 2.05) is 4.40 Å². The fourth-order valence-corrected chi connectivity index (χ4v) is 3.40. The summed E-state index contributed by atoms with van der Waals surface area (Å²) in [6.07, 6.45) is 4.33. The first kappa shape index (κ1) is 18.6. The summed E-state index contributed by atoms with van der Waals surface area (Å²) < 4.78 is 2.49. The van der Waals surface area contributed by atoms with Crippen LogP contribution in [-0.2, 0) is 13.0 Å². The van der Waals surface area contributed by atoms with Gasteiger partial charge in [-0.1, -0.05) is 38.1 Å². The Kier molecular flexibility index (Phi) is 5.74. The van der Waals surface area contributed by atoms with Crippen molar-refractivity contribution in [3.05, 3.63) is 69.6 Å². The van der Waals surface area contributed by atoms with Crippen LogP contribution in [0.1, 0.15) is 46.9 Å². The van der Waals surface area contributed by atoms with E-state index in [0.29, 0.717) is 16.9 Å². The maximum atomic E-state index is 11.2. The highest BCUT2D eigenvalue weighted by atomic mass is 79.9. The molecule has 2 N–H and O–H groups in total. The summed E-state index contributed by atoms with van der Waals surface area (Å²) in [5, 5.41) is 12.6. The van der Waals surface area contributed by atoms with E-state index in [1.54, 1.807) is 18.5 Å². The van der Waals surface area contributed by atoms with Crippen LogP contribution in [0.4, 0.5) is 0 Å². The van der Waals surface area contributed by atoms with Gasteiger partial charge < -0.3 is 14.8 Å². The molecule has 0 atom stereocenters. The third-order valence-corrected chi connectivity index (χ3v) is 5.01. The lowest BCUT2D eigenvalue weighted by atomic mass is 10.0. The molecule has 3 rings (SSSR count). The van der Waals surface area contributed by atoms with Gasteiger partial charge in [-0.15, -0.1) is 0 Å². The Morgan fingerprint density at radius 2 is 2.04 bits per heavy atom. The molecule has 5 nitrogen and oxygen atoms in total. The van der Waals surface area contributed by atoms with E-state index >= 15 is 0 Å². The van der Waals surface area contributed by atoms with E-state index in [-0.39, 0.29) is 5.56 Å². The quantitative estimate of drug-likeness (QED) is 0.566. The molecular formula is C20H22BrN3O2. The average molecular weight is 416 g/mol. The molecule has 0 saturated carbocycles. The zero-order valence-electron chi connectivity index (χ0n) is 14.9. The number of fused-ring (bicyclic) bond motifs is 1. The van der Waals surface area contributed by atoms with E-state index in [2.05, 4.69) is 64.3 Å². The first-order chi connectivity index (χ1) is 12.5. The molecule has 3 aromatic rings. The Morgan fingerprint density at radius 1 is 1.31 bits per heavy atom.